The Morgan fingerprint density at radius 1 is 0.833 bits per heavy atom. The maximum Gasteiger partial charge on any atom is 0.203 e. The third-order valence-electron chi connectivity index (χ3n) is 5.89. The molecule has 0 saturated heterocycles. The number of methoxy groups -OCH3 is 3. The molecule has 0 N–H and O–H groups in total. The first-order valence-electron chi connectivity index (χ1n) is 10.4. The number of hydrogen-bond donors (Lipinski definition) is 0. The minimum absolute atomic E-state index is 0.247. The molecule has 1 unspecified atom stereocenters. The molecule has 0 aliphatic rings. The number of benzene rings is 2. The van der Waals surface area contributed by atoms with E-state index in [1.807, 2.05) is 12.3 Å². The van der Waals surface area contributed by atoms with E-state index in [1.165, 1.54) is 5.56 Å². The number of aryl methyl sites for hydroxylation is 1. The van der Waals surface area contributed by atoms with Crippen molar-refractivity contribution in [2.24, 2.45) is 0 Å². The smallest absolute Gasteiger partial charge is 0.203 e. The molecule has 30 heavy (non-hydrogen) atoms. The molecule has 1 aromatic heterocycles. The lowest BCUT2D eigenvalue weighted by atomic mass is 9.71. The van der Waals surface area contributed by atoms with Crippen LogP contribution >= 0.6 is 0 Å². The van der Waals surface area contributed by atoms with Crippen molar-refractivity contribution >= 4 is 0 Å². The number of nitrogens with zero attached hydrogens (tertiary/aromatic N) is 1. The molecule has 0 spiro atoms. The van der Waals surface area contributed by atoms with Gasteiger partial charge in [0.25, 0.3) is 0 Å². The zero-order chi connectivity index (χ0) is 21.4. The molecule has 1 heterocycles. The van der Waals surface area contributed by atoms with E-state index < -0.39 is 0 Å². The van der Waals surface area contributed by atoms with Crippen molar-refractivity contribution < 1.29 is 14.2 Å². The van der Waals surface area contributed by atoms with Crippen molar-refractivity contribution in [2.75, 3.05) is 21.3 Å². The van der Waals surface area contributed by atoms with Crippen LogP contribution in [0.3, 0.4) is 0 Å². The summed E-state index contributed by atoms with van der Waals surface area (Å²) < 4.78 is 16.8. The third-order valence-corrected chi connectivity index (χ3v) is 5.89. The maximum absolute atomic E-state index is 5.64. The molecule has 0 amide bonds. The first-order chi connectivity index (χ1) is 14.7. The Kier molecular flexibility index (Phi) is 7.34. The Morgan fingerprint density at radius 3 is 2.03 bits per heavy atom. The van der Waals surface area contributed by atoms with E-state index in [0.29, 0.717) is 17.2 Å². The molecule has 0 saturated carbocycles. The average molecular weight is 406 g/mol. The molecule has 0 aliphatic heterocycles. The van der Waals surface area contributed by atoms with Gasteiger partial charge in [-0.2, -0.15) is 0 Å². The van der Waals surface area contributed by atoms with Gasteiger partial charge >= 0.3 is 0 Å². The number of aromatic nitrogens is 1. The van der Waals surface area contributed by atoms with Crippen LogP contribution in [0.25, 0.3) is 0 Å². The van der Waals surface area contributed by atoms with Gasteiger partial charge in [-0.15, -0.1) is 0 Å². The fourth-order valence-corrected chi connectivity index (χ4v) is 4.22. The van der Waals surface area contributed by atoms with E-state index in [0.717, 1.165) is 36.9 Å². The fourth-order valence-electron chi connectivity index (χ4n) is 4.22. The second-order valence-electron chi connectivity index (χ2n) is 7.40. The summed E-state index contributed by atoms with van der Waals surface area (Å²) in [6, 6.07) is 20.9. The lowest BCUT2D eigenvalue weighted by Crippen LogP contribution is -2.28. The third kappa shape index (κ3) is 4.43. The SMILES string of the molecule is CCC(CCCc1ccccc1)(c1cc(OC)c(OC)c(OC)c1)c1ccccn1. The van der Waals surface area contributed by atoms with Gasteiger partial charge < -0.3 is 14.2 Å². The highest BCUT2D eigenvalue weighted by molar-refractivity contribution is 5.56. The molecule has 0 radical (unpaired) electrons. The van der Waals surface area contributed by atoms with Gasteiger partial charge in [0.1, 0.15) is 0 Å². The normalized spacial score (nSPS) is 12.8. The van der Waals surface area contributed by atoms with Crippen LogP contribution in [0.1, 0.15) is 43.0 Å². The van der Waals surface area contributed by atoms with Crippen molar-refractivity contribution in [3.05, 3.63) is 83.7 Å². The molecule has 3 aromatic rings. The Balaban J connectivity index is 2.05. The zero-order valence-corrected chi connectivity index (χ0v) is 18.4. The molecule has 0 aliphatic carbocycles. The summed E-state index contributed by atoms with van der Waals surface area (Å²) in [6.45, 7) is 2.22. The lowest BCUT2D eigenvalue weighted by Gasteiger charge is -2.34. The molecule has 2 aromatic carbocycles. The molecule has 0 fully saturated rings. The highest BCUT2D eigenvalue weighted by Crippen LogP contribution is 2.46. The second kappa shape index (κ2) is 10.1. The van der Waals surface area contributed by atoms with Crippen LogP contribution in [0.4, 0.5) is 0 Å². The van der Waals surface area contributed by atoms with Crippen LogP contribution in [0.2, 0.25) is 0 Å². The van der Waals surface area contributed by atoms with E-state index in [9.17, 15) is 0 Å². The number of pyridine rings is 1. The topological polar surface area (TPSA) is 40.6 Å². The van der Waals surface area contributed by atoms with Crippen molar-refractivity contribution in [2.45, 2.75) is 38.0 Å². The summed E-state index contributed by atoms with van der Waals surface area (Å²) in [7, 11) is 4.95. The van der Waals surface area contributed by atoms with E-state index >= 15 is 0 Å². The average Bonchev–Trinajstić information content (AvgIpc) is 2.82. The van der Waals surface area contributed by atoms with Crippen LogP contribution in [0.15, 0.2) is 66.9 Å². The highest BCUT2D eigenvalue weighted by atomic mass is 16.5. The van der Waals surface area contributed by atoms with Gasteiger partial charge in [-0.25, -0.2) is 0 Å². The Bertz CT molecular complexity index is 903. The predicted molar refractivity (Wildman–Crippen MR) is 121 cm³/mol. The Morgan fingerprint density at radius 2 is 1.50 bits per heavy atom. The van der Waals surface area contributed by atoms with Gasteiger partial charge in [0.15, 0.2) is 11.5 Å². The molecular formula is C26H31NO3. The zero-order valence-electron chi connectivity index (χ0n) is 18.4. The van der Waals surface area contributed by atoms with Crippen LogP contribution in [0.5, 0.6) is 17.2 Å². The van der Waals surface area contributed by atoms with Crippen molar-refractivity contribution in [3.63, 3.8) is 0 Å². The Labute approximate surface area is 179 Å². The molecule has 1 atom stereocenters. The first kappa shape index (κ1) is 21.7. The van der Waals surface area contributed by atoms with Gasteiger partial charge in [-0.1, -0.05) is 43.3 Å². The summed E-state index contributed by atoms with van der Waals surface area (Å²) in [5, 5.41) is 0. The molecular weight excluding hydrogens is 374 g/mol. The largest absolute Gasteiger partial charge is 0.493 e. The van der Waals surface area contributed by atoms with E-state index in [-0.39, 0.29) is 5.41 Å². The second-order valence-corrected chi connectivity index (χ2v) is 7.40. The first-order valence-corrected chi connectivity index (χ1v) is 10.4. The standard InChI is InChI=1S/C26H31NO3/c1-5-26(24-15-9-10-17-27-24,16-11-14-20-12-7-6-8-13-20)21-18-22(28-2)25(30-4)23(19-21)29-3/h6-10,12-13,15,17-19H,5,11,14,16H2,1-4H3. The number of ether oxygens (including phenoxy) is 3. The molecule has 158 valence electrons. The van der Waals surface area contributed by atoms with Gasteiger partial charge in [0.2, 0.25) is 5.75 Å². The van der Waals surface area contributed by atoms with E-state index in [1.54, 1.807) is 21.3 Å². The van der Waals surface area contributed by atoms with Crippen molar-refractivity contribution in [1.29, 1.82) is 0 Å². The quantitative estimate of drug-likeness (QED) is 0.426. The van der Waals surface area contributed by atoms with Gasteiger partial charge in [0, 0.05) is 11.6 Å². The molecule has 4 nitrogen and oxygen atoms in total. The summed E-state index contributed by atoms with van der Waals surface area (Å²) >= 11 is 0. The van der Waals surface area contributed by atoms with E-state index in [4.69, 9.17) is 19.2 Å². The molecule has 0 bridgehead atoms. The minimum Gasteiger partial charge on any atom is -0.493 e. The molecule has 4 heteroatoms. The van der Waals surface area contributed by atoms with Crippen LogP contribution in [-0.4, -0.2) is 26.3 Å². The predicted octanol–water partition coefficient (Wildman–Crippen LogP) is 5.83. The minimum atomic E-state index is -0.247. The maximum atomic E-state index is 5.64. The fraction of sp³-hybridized carbons (Fsp3) is 0.346. The van der Waals surface area contributed by atoms with Crippen LogP contribution in [-0.2, 0) is 11.8 Å². The summed E-state index contributed by atoms with van der Waals surface area (Å²) in [6.07, 6.45) is 5.82. The van der Waals surface area contributed by atoms with E-state index in [2.05, 4.69) is 61.5 Å². The summed E-state index contributed by atoms with van der Waals surface area (Å²) in [5.41, 5.74) is 3.30. The van der Waals surface area contributed by atoms with Crippen molar-refractivity contribution in [1.82, 2.24) is 4.98 Å². The number of rotatable bonds is 10. The highest BCUT2D eigenvalue weighted by Gasteiger charge is 2.35. The number of hydrogen-bond acceptors (Lipinski definition) is 4. The van der Waals surface area contributed by atoms with Gasteiger partial charge in [0.05, 0.1) is 27.0 Å². The van der Waals surface area contributed by atoms with Crippen LogP contribution < -0.4 is 14.2 Å². The monoisotopic (exact) mass is 405 g/mol. The van der Waals surface area contributed by atoms with Gasteiger partial charge in [-0.05, 0) is 61.1 Å². The van der Waals surface area contributed by atoms with Crippen LogP contribution in [0, 0.1) is 0 Å². The van der Waals surface area contributed by atoms with Gasteiger partial charge in [-0.3, -0.25) is 4.98 Å². The summed E-state index contributed by atoms with van der Waals surface area (Å²) in [5.74, 6) is 1.95. The lowest BCUT2D eigenvalue weighted by molar-refractivity contribution is 0.321. The van der Waals surface area contributed by atoms with Crippen molar-refractivity contribution in [3.8, 4) is 17.2 Å². The molecule has 3 rings (SSSR count). The Hall–Kier alpha value is -3.01. The summed E-state index contributed by atoms with van der Waals surface area (Å²) in [4.78, 5) is 4.76.